The second-order valence-corrected chi connectivity index (χ2v) is 5.37. The van der Waals surface area contributed by atoms with E-state index in [1.54, 1.807) is 0 Å². The van der Waals surface area contributed by atoms with Crippen molar-refractivity contribution >= 4 is 11.6 Å². The van der Waals surface area contributed by atoms with E-state index in [1.807, 2.05) is 28.8 Å². The van der Waals surface area contributed by atoms with Crippen molar-refractivity contribution in [2.75, 3.05) is 0 Å². The quantitative estimate of drug-likeness (QED) is 0.868. The summed E-state index contributed by atoms with van der Waals surface area (Å²) in [5, 5.41) is 11.1. The van der Waals surface area contributed by atoms with Gasteiger partial charge in [-0.1, -0.05) is 6.07 Å². The zero-order chi connectivity index (χ0) is 13.9. The molecule has 0 bridgehead atoms. The van der Waals surface area contributed by atoms with Crippen molar-refractivity contribution in [3.8, 4) is 0 Å². The molecule has 2 aromatic rings. The highest BCUT2D eigenvalue weighted by Crippen LogP contribution is 2.23. The van der Waals surface area contributed by atoms with Crippen LogP contribution in [0, 0.1) is 5.92 Å². The Bertz CT molecular complexity index is 600. The summed E-state index contributed by atoms with van der Waals surface area (Å²) in [4.78, 5) is 12.1. The van der Waals surface area contributed by atoms with Crippen LogP contribution < -0.4 is 11.1 Å². The third-order valence-corrected chi connectivity index (χ3v) is 3.95. The molecule has 106 valence electrons. The highest BCUT2D eigenvalue weighted by atomic mass is 16.1. The van der Waals surface area contributed by atoms with E-state index in [0.717, 1.165) is 37.2 Å². The van der Waals surface area contributed by atoms with Gasteiger partial charge in [-0.2, -0.15) is 0 Å². The third kappa shape index (κ3) is 2.65. The minimum absolute atomic E-state index is 0.0917. The minimum Gasteiger partial charge on any atom is -0.349 e. The van der Waals surface area contributed by atoms with Crippen LogP contribution in [0.3, 0.4) is 0 Å². The molecule has 1 saturated carbocycles. The summed E-state index contributed by atoms with van der Waals surface area (Å²) in [6.45, 7) is 0.409. The maximum absolute atomic E-state index is 12.1. The predicted octanol–water partition coefficient (Wildman–Crippen LogP) is 0.863. The van der Waals surface area contributed by atoms with Gasteiger partial charge in [0.2, 0.25) is 5.91 Å². The fourth-order valence-corrected chi connectivity index (χ4v) is 2.70. The number of nitrogens with one attached hydrogen (secondary N) is 1. The van der Waals surface area contributed by atoms with Crippen LogP contribution in [0.5, 0.6) is 0 Å². The van der Waals surface area contributed by atoms with Gasteiger partial charge in [0.05, 0.1) is 6.54 Å². The van der Waals surface area contributed by atoms with E-state index in [9.17, 15) is 4.79 Å². The summed E-state index contributed by atoms with van der Waals surface area (Å²) in [7, 11) is 0. The average molecular weight is 273 g/mol. The molecule has 1 aliphatic rings. The Morgan fingerprint density at radius 2 is 2.10 bits per heavy atom. The lowest BCUT2D eigenvalue weighted by Gasteiger charge is -2.24. The smallest absolute Gasteiger partial charge is 0.223 e. The standard InChI is InChI=1S/C14H19N5O/c15-11-6-4-10(5-7-11)14(20)16-9-13-18-17-12-3-1-2-8-19(12)13/h1-3,8,10-11H,4-7,9,15H2,(H,16,20). The molecule has 0 unspecified atom stereocenters. The normalized spacial score (nSPS) is 22.9. The van der Waals surface area contributed by atoms with Crippen LogP contribution in [0.15, 0.2) is 24.4 Å². The molecule has 6 nitrogen and oxygen atoms in total. The summed E-state index contributed by atoms with van der Waals surface area (Å²) >= 11 is 0. The van der Waals surface area contributed by atoms with Crippen LogP contribution in [0.1, 0.15) is 31.5 Å². The Hall–Kier alpha value is -1.95. The van der Waals surface area contributed by atoms with E-state index < -0.39 is 0 Å². The first-order valence-electron chi connectivity index (χ1n) is 7.06. The number of aromatic nitrogens is 3. The van der Waals surface area contributed by atoms with Gasteiger partial charge >= 0.3 is 0 Å². The van der Waals surface area contributed by atoms with Gasteiger partial charge < -0.3 is 11.1 Å². The predicted molar refractivity (Wildman–Crippen MR) is 74.8 cm³/mol. The average Bonchev–Trinajstić information content (AvgIpc) is 2.89. The number of nitrogens with zero attached hydrogens (tertiary/aromatic N) is 3. The second kappa shape index (κ2) is 5.58. The summed E-state index contributed by atoms with van der Waals surface area (Å²) in [6.07, 6.45) is 5.54. The number of carbonyl (C=O) groups is 1. The molecule has 20 heavy (non-hydrogen) atoms. The molecule has 0 saturated heterocycles. The molecule has 2 heterocycles. The highest BCUT2D eigenvalue weighted by Gasteiger charge is 2.24. The Morgan fingerprint density at radius 3 is 2.90 bits per heavy atom. The molecule has 6 heteroatoms. The Balaban J connectivity index is 1.60. The Kier molecular flexibility index (Phi) is 3.64. The number of amides is 1. The Labute approximate surface area is 117 Å². The minimum atomic E-state index is 0.0917. The van der Waals surface area contributed by atoms with Gasteiger partial charge in [0.15, 0.2) is 11.5 Å². The lowest BCUT2D eigenvalue weighted by Crippen LogP contribution is -2.36. The van der Waals surface area contributed by atoms with Crippen molar-refractivity contribution in [3.05, 3.63) is 30.2 Å². The molecule has 3 rings (SSSR count). The summed E-state index contributed by atoms with van der Waals surface area (Å²) in [5.74, 6) is 0.944. The van der Waals surface area contributed by atoms with Gasteiger partial charge in [-0.3, -0.25) is 9.20 Å². The topological polar surface area (TPSA) is 85.3 Å². The molecular weight excluding hydrogens is 254 g/mol. The number of pyridine rings is 1. The monoisotopic (exact) mass is 273 g/mol. The zero-order valence-corrected chi connectivity index (χ0v) is 11.3. The maximum Gasteiger partial charge on any atom is 0.223 e. The van der Waals surface area contributed by atoms with Crippen molar-refractivity contribution in [1.82, 2.24) is 19.9 Å². The molecular formula is C14H19N5O. The Morgan fingerprint density at radius 1 is 1.30 bits per heavy atom. The van der Waals surface area contributed by atoms with Gasteiger partial charge in [0, 0.05) is 18.2 Å². The first-order chi connectivity index (χ1) is 9.74. The first kappa shape index (κ1) is 13.1. The van der Waals surface area contributed by atoms with Crippen LogP contribution in [0.4, 0.5) is 0 Å². The van der Waals surface area contributed by atoms with Crippen LogP contribution >= 0.6 is 0 Å². The molecule has 1 aliphatic carbocycles. The number of hydrogen-bond donors (Lipinski definition) is 2. The number of fused-ring (bicyclic) bond motifs is 1. The van der Waals surface area contributed by atoms with E-state index in [0.29, 0.717) is 6.54 Å². The van der Waals surface area contributed by atoms with Crippen molar-refractivity contribution < 1.29 is 4.79 Å². The molecule has 0 atom stereocenters. The van der Waals surface area contributed by atoms with Gasteiger partial charge in [-0.25, -0.2) is 0 Å². The zero-order valence-electron chi connectivity index (χ0n) is 11.3. The fourth-order valence-electron chi connectivity index (χ4n) is 2.70. The summed E-state index contributed by atoms with van der Waals surface area (Å²) in [6, 6.07) is 5.99. The van der Waals surface area contributed by atoms with E-state index in [-0.39, 0.29) is 17.9 Å². The SMILES string of the molecule is NC1CCC(C(=O)NCc2nnc3ccccn23)CC1. The molecule has 0 radical (unpaired) electrons. The van der Waals surface area contributed by atoms with Gasteiger partial charge in [-0.15, -0.1) is 10.2 Å². The molecule has 0 spiro atoms. The van der Waals surface area contributed by atoms with Crippen LogP contribution in [0.25, 0.3) is 5.65 Å². The van der Waals surface area contributed by atoms with Gasteiger partial charge in [0.1, 0.15) is 0 Å². The third-order valence-electron chi connectivity index (χ3n) is 3.95. The first-order valence-corrected chi connectivity index (χ1v) is 7.06. The maximum atomic E-state index is 12.1. The summed E-state index contributed by atoms with van der Waals surface area (Å²) < 4.78 is 1.89. The number of rotatable bonds is 3. The van der Waals surface area contributed by atoms with Crippen molar-refractivity contribution in [1.29, 1.82) is 0 Å². The molecule has 2 aromatic heterocycles. The largest absolute Gasteiger partial charge is 0.349 e. The number of hydrogen-bond acceptors (Lipinski definition) is 4. The van der Waals surface area contributed by atoms with E-state index in [1.165, 1.54) is 0 Å². The molecule has 1 amide bonds. The summed E-state index contributed by atoms with van der Waals surface area (Å²) in [5.41, 5.74) is 6.65. The lowest BCUT2D eigenvalue weighted by molar-refractivity contribution is -0.126. The molecule has 0 aliphatic heterocycles. The number of carbonyl (C=O) groups excluding carboxylic acids is 1. The number of nitrogens with two attached hydrogens (primary N) is 1. The molecule has 0 aromatic carbocycles. The van der Waals surface area contributed by atoms with Crippen LogP contribution in [-0.2, 0) is 11.3 Å². The van der Waals surface area contributed by atoms with E-state index >= 15 is 0 Å². The van der Waals surface area contributed by atoms with Crippen LogP contribution in [0.2, 0.25) is 0 Å². The lowest BCUT2D eigenvalue weighted by atomic mass is 9.86. The van der Waals surface area contributed by atoms with E-state index in [4.69, 9.17) is 5.73 Å². The van der Waals surface area contributed by atoms with Gasteiger partial charge in [-0.05, 0) is 37.8 Å². The van der Waals surface area contributed by atoms with E-state index in [2.05, 4.69) is 15.5 Å². The molecule has 3 N–H and O–H groups in total. The van der Waals surface area contributed by atoms with Gasteiger partial charge in [0.25, 0.3) is 0 Å². The van der Waals surface area contributed by atoms with Crippen molar-refractivity contribution in [3.63, 3.8) is 0 Å². The van der Waals surface area contributed by atoms with Crippen molar-refractivity contribution in [2.45, 2.75) is 38.3 Å². The second-order valence-electron chi connectivity index (χ2n) is 5.37. The fraction of sp³-hybridized carbons (Fsp3) is 0.500. The van der Waals surface area contributed by atoms with Crippen LogP contribution in [-0.4, -0.2) is 26.5 Å². The highest BCUT2D eigenvalue weighted by molar-refractivity contribution is 5.78. The van der Waals surface area contributed by atoms with Crippen molar-refractivity contribution in [2.24, 2.45) is 11.7 Å². The molecule has 1 fully saturated rings.